The van der Waals surface area contributed by atoms with E-state index in [9.17, 15) is 9.59 Å². The number of carboxylic acids is 1. The maximum absolute atomic E-state index is 12.2. The van der Waals surface area contributed by atoms with Crippen molar-refractivity contribution >= 4 is 17.7 Å². The largest absolute Gasteiger partial charge is 0.478 e. The van der Waals surface area contributed by atoms with E-state index in [1.807, 2.05) is 13.8 Å². The highest BCUT2D eigenvalue weighted by Crippen LogP contribution is 2.21. The van der Waals surface area contributed by atoms with Gasteiger partial charge < -0.3 is 15.3 Å². The van der Waals surface area contributed by atoms with Gasteiger partial charge in [0, 0.05) is 13.1 Å². The number of likely N-dealkylation sites (N-methyl/N-ethyl adjacent to an activating group) is 1. The third-order valence-corrected chi connectivity index (χ3v) is 2.86. The molecule has 0 spiro atoms. The molecule has 0 saturated heterocycles. The number of hydrogen-bond acceptors (Lipinski definition) is 2. The molecule has 2 amide bonds. The van der Waals surface area contributed by atoms with E-state index in [-0.39, 0.29) is 11.6 Å². The van der Waals surface area contributed by atoms with Gasteiger partial charge >= 0.3 is 12.0 Å². The first-order chi connectivity index (χ1) is 9.36. The lowest BCUT2D eigenvalue weighted by atomic mass is 10.1. The second kappa shape index (κ2) is 6.75. The summed E-state index contributed by atoms with van der Waals surface area (Å²) in [5, 5.41) is 11.8. The van der Waals surface area contributed by atoms with E-state index in [4.69, 9.17) is 5.11 Å². The van der Waals surface area contributed by atoms with Crippen LogP contribution in [0, 0.1) is 6.92 Å². The van der Waals surface area contributed by atoms with Crippen LogP contribution in [0.25, 0.3) is 0 Å². The smallest absolute Gasteiger partial charge is 0.337 e. The zero-order valence-electron chi connectivity index (χ0n) is 12.1. The highest BCUT2D eigenvalue weighted by atomic mass is 16.4. The molecular weight excluding hydrogens is 256 g/mol. The number of aromatic carboxylic acids is 1. The van der Waals surface area contributed by atoms with Gasteiger partial charge in [0.1, 0.15) is 0 Å². The van der Waals surface area contributed by atoms with Crippen LogP contribution in [0.4, 0.5) is 10.5 Å². The number of urea groups is 1. The number of anilines is 1. The maximum Gasteiger partial charge on any atom is 0.337 e. The van der Waals surface area contributed by atoms with Crippen molar-refractivity contribution in [1.29, 1.82) is 0 Å². The van der Waals surface area contributed by atoms with Crippen molar-refractivity contribution in [2.24, 2.45) is 0 Å². The molecule has 0 unspecified atom stereocenters. The van der Waals surface area contributed by atoms with Gasteiger partial charge in [-0.2, -0.15) is 0 Å². The molecule has 0 atom stereocenters. The van der Waals surface area contributed by atoms with Crippen molar-refractivity contribution in [3.8, 4) is 0 Å². The van der Waals surface area contributed by atoms with Gasteiger partial charge in [-0.1, -0.05) is 24.3 Å². The fourth-order valence-electron chi connectivity index (χ4n) is 1.85. The van der Waals surface area contributed by atoms with E-state index in [0.29, 0.717) is 24.3 Å². The Bertz CT molecular complexity index is 538. The number of aryl methyl sites for hydroxylation is 1. The van der Waals surface area contributed by atoms with Crippen molar-refractivity contribution in [3.05, 3.63) is 41.5 Å². The van der Waals surface area contributed by atoms with Crippen molar-refractivity contribution in [1.82, 2.24) is 4.90 Å². The lowest BCUT2D eigenvalue weighted by Gasteiger charge is -2.22. The summed E-state index contributed by atoms with van der Waals surface area (Å²) in [4.78, 5) is 25.0. The van der Waals surface area contributed by atoms with E-state index in [1.54, 1.807) is 24.0 Å². The number of benzene rings is 1. The highest BCUT2D eigenvalue weighted by molar-refractivity contribution is 6.01. The number of carbonyl (C=O) groups is 2. The molecule has 1 aromatic rings. The van der Waals surface area contributed by atoms with Gasteiger partial charge in [0.2, 0.25) is 0 Å². The standard InChI is InChI=1S/C15H20N2O3/c1-5-17(9-10(2)3)15(20)16-13-11(4)7-6-8-12(13)14(18)19/h6-8H,2,5,9H2,1,3-4H3,(H,16,20)(H,18,19). The number of carboxylic acid groups (broad SMARTS) is 1. The third kappa shape index (κ3) is 3.85. The molecule has 0 aliphatic heterocycles. The van der Waals surface area contributed by atoms with E-state index in [2.05, 4.69) is 11.9 Å². The minimum atomic E-state index is -1.06. The Morgan fingerprint density at radius 3 is 2.55 bits per heavy atom. The van der Waals surface area contributed by atoms with E-state index in [0.717, 1.165) is 5.57 Å². The molecule has 2 N–H and O–H groups in total. The second-order valence-electron chi connectivity index (χ2n) is 4.70. The Kier molecular flexibility index (Phi) is 5.32. The molecule has 0 heterocycles. The summed E-state index contributed by atoms with van der Waals surface area (Å²) in [6, 6.07) is 4.56. The Balaban J connectivity index is 3.00. The van der Waals surface area contributed by atoms with Crippen LogP contribution >= 0.6 is 0 Å². The minimum Gasteiger partial charge on any atom is -0.478 e. The lowest BCUT2D eigenvalue weighted by molar-refractivity contribution is 0.0698. The van der Waals surface area contributed by atoms with Gasteiger partial charge in [-0.3, -0.25) is 0 Å². The van der Waals surface area contributed by atoms with E-state index < -0.39 is 5.97 Å². The zero-order chi connectivity index (χ0) is 15.3. The molecule has 5 heteroatoms. The topological polar surface area (TPSA) is 69.6 Å². The Labute approximate surface area is 118 Å². The SMILES string of the molecule is C=C(C)CN(CC)C(=O)Nc1c(C)cccc1C(=O)O. The number of carbonyl (C=O) groups excluding carboxylic acids is 1. The molecule has 0 bridgehead atoms. The highest BCUT2D eigenvalue weighted by Gasteiger charge is 2.17. The number of para-hydroxylation sites is 1. The van der Waals surface area contributed by atoms with Gasteiger partial charge in [-0.15, -0.1) is 0 Å². The molecule has 0 saturated carbocycles. The van der Waals surface area contributed by atoms with Crippen LogP contribution in [0.3, 0.4) is 0 Å². The molecule has 0 fully saturated rings. The number of nitrogens with zero attached hydrogens (tertiary/aromatic N) is 1. The first-order valence-corrected chi connectivity index (χ1v) is 6.40. The second-order valence-corrected chi connectivity index (χ2v) is 4.70. The molecule has 0 radical (unpaired) electrons. The van der Waals surface area contributed by atoms with Gasteiger partial charge in [-0.05, 0) is 32.4 Å². The normalized spacial score (nSPS) is 9.95. The first-order valence-electron chi connectivity index (χ1n) is 6.40. The number of nitrogens with one attached hydrogen (secondary N) is 1. The van der Waals surface area contributed by atoms with Crippen LogP contribution in [0.1, 0.15) is 29.8 Å². The summed E-state index contributed by atoms with van der Waals surface area (Å²) in [6.07, 6.45) is 0. The van der Waals surface area contributed by atoms with Crippen LogP contribution in [-0.4, -0.2) is 35.1 Å². The van der Waals surface area contributed by atoms with Crippen LogP contribution in [0.5, 0.6) is 0 Å². The minimum absolute atomic E-state index is 0.0877. The van der Waals surface area contributed by atoms with E-state index >= 15 is 0 Å². The summed E-state index contributed by atoms with van der Waals surface area (Å²) >= 11 is 0. The molecule has 20 heavy (non-hydrogen) atoms. The number of amides is 2. The predicted molar refractivity (Wildman–Crippen MR) is 79.2 cm³/mol. The predicted octanol–water partition coefficient (Wildman–Crippen LogP) is 3.12. The average molecular weight is 276 g/mol. The quantitative estimate of drug-likeness (QED) is 0.812. The van der Waals surface area contributed by atoms with Crippen molar-refractivity contribution in [2.75, 3.05) is 18.4 Å². The monoisotopic (exact) mass is 276 g/mol. The number of hydrogen-bond donors (Lipinski definition) is 2. The summed E-state index contributed by atoms with van der Waals surface area (Å²) in [5.74, 6) is -1.06. The molecule has 0 aromatic heterocycles. The molecule has 1 aromatic carbocycles. The Morgan fingerprint density at radius 2 is 2.05 bits per heavy atom. The molecule has 5 nitrogen and oxygen atoms in total. The molecule has 0 aliphatic carbocycles. The summed E-state index contributed by atoms with van der Waals surface area (Å²) in [5.41, 5.74) is 2.00. The molecule has 0 aliphatic rings. The number of rotatable bonds is 5. The lowest BCUT2D eigenvalue weighted by Crippen LogP contribution is -2.36. The maximum atomic E-state index is 12.2. The van der Waals surface area contributed by atoms with Crippen LogP contribution in [0.15, 0.2) is 30.4 Å². The molecule has 108 valence electrons. The van der Waals surface area contributed by atoms with Crippen molar-refractivity contribution in [3.63, 3.8) is 0 Å². The van der Waals surface area contributed by atoms with Gasteiger partial charge in [-0.25, -0.2) is 9.59 Å². The fraction of sp³-hybridized carbons (Fsp3) is 0.333. The van der Waals surface area contributed by atoms with Crippen LogP contribution in [-0.2, 0) is 0 Å². The first kappa shape index (κ1) is 15.8. The average Bonchev–Trinajstić information content (AvgIpc) is 2.37. The van der Waals surface area contributed by atoms with Gasteiger partial charge in [0.05, 0.1) is 11.3 Å². The summed E-state index contributed by atoms with van der Waals surface area (Å²) in [7, 11) is 0. The summed E-state index contributed by atoms with van der Waals surface area (Å²) in [6.45, 7) is 10.2. The molecular formula is C15H20N2O3. The van der Waals surface area contributed by atoms with Crippen molar-refractivity contribution < 1.29 is 14.7 Å². The summed E-state index contributed by atoms with van der Waals surface area (Å²) < 4.78 is 0. The van der Waals surface area contributed by atoms with E-state index in [1.165, 1.54) is 6.07 Å². The van der Waals surface area contributed by atoms with Gasteiger partial charge in [0.15, 0.2) is 0 Å². The van der Waals surface area contributed by atoms with Crippen molar-refractivity contribution in [2.45, 2.75) is 20.8 Å². The Morgan fingerprint density at radius 1 is 1.40 bits per heavy atom. The molecule has 1 rings (SSSR count). The zero-order valence-corrected chi connectivity index (χ0v) is 12.1. The van der Waals surface area contributed by atoms with Crippen LogP contribution < -0.4 is 5.32 Å². The fourth-order valence-corrected chi connectivity index (χ4v) is 1.85. The Hall–Kier alpha value is -2.30. The van der Waals surface area contributed by atoms with Gasteiger partial charge in [0.25, 0.3) is 0 Å². The third-order valence-electron chi connectivity index (χ3n) is 2.86. The van der Waals surface area contributed by atoms with Crippen LogP contribution in [0.2, 0.25) is 0 Å².